The van der Waals surface area contributed by atoms with Gasteiger partial charge in [-0.1, -0.05) is 6.08 Å². The summed E-state index contributed by atoms with van der Waals surface area (Å²) in [6.07, 6.45) is 3.53. The monoisotopic (exact) mass is 132 g/mol. The number of hydrogen-bond donors (Lipinski definition) is 0. The summed E-state index contributed by atoms with van der Waals surface area (Å²) in [5, 5.41) is 0. The first-order chi connectivity index (χ1) is 4.70. The Hall–Kier alpha value is -0.780. The molecule has 0 aliphatic heterocycles. The van der Waals surface area contributed by atoms with E-state index in [9.17, 15) is 0 Å². The maximum absolute atomic E-state index is 2.32. The van der Waals surface area contributed by atoms with Gasteiger partial charge in [0, 0.05) is 0 Å². The molecular weight excluding hydrogens is 120 g/mol. The van der Waals surface area contributed by atoms with Crippen LogP contribution in [0.3, 0.4) is 0 Å². The Bertz CT molecular complexity index is 285. The summed E-state index contributed by atoms with van der Waals surface area (Å²) in [6.45, 7) is 6.66. The molecule has 2 bridgehead atoms. The Kier molecular flexibility index (Phi) is 0.971. The van der Waals surface area contributed by atoms with Crippen LogP contribution < -0.4 is 0 Å². The highest BCUT2D eigenvalue weighted by Crippen LogP contribution is 2.42. The van der Waals surface area contributed by atoms with E-state index in [-0.39, 0.29) is 0 Å². The van der Waals surface area contributed by atoms with E-state index in [2.05, 4.69) is 26.8 Å². The molecule has 0 amide bonds. The molecule has 0 saturated heterocycles. The number of hydrogen-bond acceptors (Lipinski definition) is 0. The normalized spacial score (nSPS) is 22.9. The lowest BCUT2D eigenvalue weighted by Gasteiger charge is -2.04. The van der Waals surface area contributed by atoms with E-state index in [1.807, 2.05) is 0 Å². The van der Waals surface area contributed by atoms with Crippen molar-refractivity contribution in [3.63, 3.8) is 0 Å². The topological polar surface area (TPSA) is 0 Å². The molecule has 0 aromatic rings. The lowest BCUT2D eigenvalue weighted by Crippen LogP contribution is -1.85. The van der Waals surface area contributed by atoms with Gasteiger partial charge >= 0.3 is 0 Å². The van der Waals surface area contributed by atoms with Crippen molar-refractivity contribution in [2.45, 2.75) is 27.2 Å². The maximum Gasteiger partial charge on any atom is -0.00176 e. The molecule has 0 N–H and O–H groups in total. The van der Waals surface area contributed by atoms with Crippen LogP contribution >= 0.6 is 0 Å². The number of allylic oxidation sites excluding steroid dienone is 6. The summed E-state index contributed by atoms with van der Waals surface area (Å²) >= 11 is 0. The molecule has 0 saturated carbocycles. The SMILES string of the molecule is CC1=CC2=C(C)C(C)=C1C2. The van der Waals surface area contributed by atoms with Crippen molar-refractivity contribution < 1.29 is 0 Å². The minimum absolute atomic E-state index is 1.21. The van der Waals surface area contributed by atoms with Crippen LogP contribution in [-0.2, 0) is 0 Å². The second-order valence-electron chi connectivity index (χ2n) is 3.26. The summed E-state index contributed by atoms with van der Waals surface area (Å²) < 4.78 is 0. The van der Waals surface area contributed by atoms with Crippen molar-refractivity contribution in [1.29, 1.82) is 0 Å². The van der Waals surface area contributed by atoms with Crippen molar-refractivity contribution in [1.82, 2.24) is 0 Å². The average molecular weight is 132 g/mol. The van der Waals surface area contributed by atoms with E-state index in [1.54, 1.807) is 11.1 Å². The van der Waals surface area contributed by atoms with Crippen molar-refractivity contribution in [2.24, 2.45) is 0 Å². The summed E-state index contributed by atoms with van der Waals surface area (Å²) in [4.78, 5) is 0. The van der Waals surface area contributed by atoms with Crippen molar-refractivity contribution >= 4 is 0 Å². The van der Waals surface area contributed by atoms with Crippen LogP contribution in [0.1, 0.15) is 27.2 Å². The smallest absolute Gasteiger partial charge is 0.00176 e. The minimum atomic E-state index is 1.21. The maximum atomic E-state index is 2.32. The Morgan fingerprint density at radius 3 is 2.20 bits per heavy atom. The van der Waals surface area contributed by atoms with Gasteiger partial charge in [0.1, 0.15) is 0 Å². The molecule has 0 nitrogen and oxygen atoms in total. The van der Waals surface area contributed by atoms with E-state index >= 15 is 0 Å². The standard InChI is InChI=1S/C10H12/c1-6-4-9-5-10(6)8(3)7(9)2/h4H,5H2,1-3H3. The highest BCUT2D eigenvalue weighted by atomic mass is 14.3. The van der Waals surface area contributed by atoms with E-state index < -0.39 is 0 Å². The molecule has 2 aliphatic rings. The van der Waals surface area contributed by atoms with Gasteiger partial charge in [0.2, 0.25) is 0 Å². The van der Waals surface area contributed by atoms with Crippen LogP contribution in [0.2, 0.25) is 0 Å². The molecule has 10 heavy (non-hydrogen) atoms. The van der Waals surface area contributed by atoms with Crippen LogP contribution in [0.25, 0.3) is 0 Å². The molecular formula is C10H12. The third-order valence-electron chi connectivity index (χ3n) is 2.73. The fourth-order valence-corrected chi connectivity index (χ4v) is 1.87. The summed E-state index contributed by atoms with van der Waals surface area (Å²) in [5.74, 6) is 0. The first-order valence-electron chi connectivity index (χ1n) is 3.78. The summed E-state index contributed by atoms with van der Waals surface area (Å²) in [5.41, 5.74) is 7.64. The lowest BCUT2D eigenvalue weighted by atomic mass is 10.0. The quantitative estimate of drug-likeness (QED) is 0.475. The third kappa shape index (κ3) is 0.518. The highest BCUT2D eigenvalue weighted by Gasteiger charge is 2.23. The molecule has 0 radical (unpaired) electrons. The molecule has 0 atom stereocenters. The van der Waals surface area contributed by atoms with Crippen molar-refractivity contribution in [3.05, 3.63) is 33.9 Å². The number of rotatable bonds is 0. The Labute approximate surface area is 61.9 Å². The van der Waals surface area contributed by atoms with E-state index in [0.29, 0.717) is 0 Å². The zero-order valence-electron chi connectivity index (χ0n) is 6.78. The average Bonchev–Trinajstić information content (AvgIpc) is 2.36. The Balaban J connectivity index is 2.65. The lowest BCUT2D eigenvalue weighted by molar-refractivity contribution is 1.25. The highest BCUT2D eigenvalue weighted by molar-refractivity contribution is 5.62. The van der Waals surface area contributed by atoms with Gasteiger partial charge in [-0.3, -0.25) is 0 Å². The van der Waals surface area contributed by atoms with Crippen LogP contribution in [0.15, 0.2) is 33.9 Å². The predicted molar refractivity (Wildman–Crippen MR) is 43.8 cm³/mol. The second kappa shape index (κ2) is 1.63. The Morgan fingerprint density at radius 2 is 1.80 bits per heavy atom. The molecule has 0 spiro atoms. The first-order valence-corrected chi connectivity index (χ1v) is 3.78. The van der Waals surface area contributed by atoms with E-state index in [1.165, 1.54) is 23.1 Å². The van der Waals surface area contributed by atoms with Crippen LogP contribution in [-0.4, -0.2) is 0 Å². The fraction of sp³-hybridized carbons (Fsp3) is 0.400. The van der Waals surface area contributed by atoms with E-state index in [4.69, 9.17) is 0 Å². The molecule has 0 heteroatoms. The molecule has 0 unspecified atom stereocenters. The van der Waals surface area contributed by atoms with Gasteiger partial charge in [0.05, 0.1) is 0 Å². The van der Waals surface area contributed by atoms with Crippen molar-refractivity contribution in [3.8, 4) is 0 Å². The Morgan fingerprint density at radius 1 is 1.10 bits per heavy atom. The molecule has 0 aromatic heterocycles. The first kappa shape index (κ1) is 5.96. The van der Waals surface area contributed by atoms with Crippen molar-refractivity contribution in [2.75, 3.05) is 0 Å². The van der Waals surface area contributed by atoms with Crippen LogP contribution in [0.5, 0.6) is 0 Å². The summed E-state index contributed by atoms with van der Waals surface area (Å²) in [6, 6.07) is 0. The zero-order valence-corrected chi connectivity index (χ0v) is 6.78. The third-order valence-corrected chi connectivity index (χ3v) is 2.73. The zero-order chi connectivity index (χ0) is 7.30. The second-order valence-corrected chi connectivity index (χ2v) is 3.26. The fourth-order valence-electron chi connectivity index (χ4n) is 1.87. The molecule has 0 fully saturated rings. The van der Waals surface area contributed by atoms with Gasteiger partial charge in [-0.25, -0.2) is 0 Å². The van der Waals surface area contributed by atoms with Gasteiger partial charge in [-0.05, 0) is 55.1 Å². The molecule has 0 aromatic carbocycles. The van der Waals surface area contributed by atoms with Gasteiger partial charge < -0.3 is 0 Å². The summed E-state index contributed by atoms with van der Waals surface area (Å²) in [7, 11) is 0. The van der Waals surface area contributed by atoms with Gasteiger partial charge in [0.15, 0.2) is 0 Å². The van der Waals surface area contributed by atoms with Gasteiger partial charge in [-0.2, -0.15) is 0 Å². The molecule has 2 aliphatic carbocycles. The van der Waals surface area contributed by atoms with Gasteiger partial charge in [0.25, 0.3) is 0 Å². The predicted octanol–water partition coefficient (Wildman–Crippen LogP) is 2.98. The van der Waals surface area contributed by atoms with Gasteiger partial charge in [-0.15, -0.1) is 0 Å². The van der Waals surface area contributed by atoms with E-state index in [0.717, 1.165) is 0 Å². The molecule has 52 valence electrons. The number of fused-ring (bicyclic) bond motifs is 2. The minimum Gasteiger partial charge on any atom is -0.0552 e. The molecule has 0 heterocycles. The largest absolute Gasteiger partial charge is 0.0552 e. The van der Waals surface area contributed by atoms with Crippen LogP contribution in [0.4, 0.5) is 0 Å². The molecule has 2 rings (SSSR count). The van der Waals surface area contributed by atoms with Crippen LogP contribution in [0, 0.1) is 0 Å².